The van der Waals surface area contributed by atoms with Gasteiger partial charge in [0.25, 0.3) is 0 Å². The number of methoxy groups -OCH3 is 2. The minimum atomic E-state index is 0.310. The van der Waals surface area contributed by atoms with Crippen molar-refractivity contribution in [2.24, 2.45) is 0 Å². The normalized spacial score (nSPS) is 18.4. The van der Waals surface area contributed by atoms with E-state index < -0.39 is 0 Å². The molecule has 44 heavy (non-hydrogen) atoms. The number of rotatable bonds is 9. The number of halogens is 1. The number of benzene rings is 2. The van der Waals surface area contributed by atoms with Gasteiger partial charge in [0, 0.05) is 56.3 Å². The van der Waals surface area contributed by atoms with E-state index in [0.29, 0.717) is 22.8 Å². The summed E-state index contributed by atoms with van der Waals surface area (Å²) in [5, 5.41) is 3.86. The van der Waals surface area contributed by atoms with Gasteiger partial charge in [-0.05, 0) is 49.9 Å². The summed E-state index contributed by atoms with van der Waals surface area (Å²) < 4.78 is 27.2. The van der Waals surface area contributed by atoms with Crippen molar-refractivity contribution < 1.29 is 23.7 Å². The standard InChI is InChI=1S/C21H27ClN4O3.C11H16N2O2/c1-27-20-13-15(26-8-11-28-12-9-26)4-6-19(20)25-21-23-14-17(22)18(24-21)7-5-16-3-2-10-29-16;1-14-11-8-9(2-3-10(11)12)13-4-6-15-7-5-13/h4,6,13-14,16H,2-3,5,7-12H2,1H3,(H,23,24,25);2-3,8H,4-7,12H2,1H3. The van der Waals surface area contributed by atoms with Gasteiger partial charge in [0.1, 0.15) is 11.5 Å². The highest BCUT2D eigenvalue weighted by Crippen LogP contribution is 2.32. The molecule has 1 atom stereocenters. The van der Waals surface area contributed by atoms with Crippen LogP contribution in [0.4, 0.5) is 28.7 Å². The fourth-order valence-electron chi connectivity index (χ4n) is 5.45. The second-order valence-electron chi connectivity index (χ2n) is 10.8. The molecule has 1 unspecified atom stereocenters. The van der Waals surface area contributed by atoms with Crippen LogP contribution in [0.15, 0.2) is 42.6 Å². The summed E-state index contributed by atoms with van der Waals surface area (Å²) in [7, 11) is 3.30. The highest BCUT2D eigenvalue weighted by atomic mass is 35.5. The molecule has 0 spiro atoms. The zero-order chi connectivity index (χ0) is 30.7. The van der Waals surface area contributed by atoms with Crippen molar-refractivity contribution >= 4 is 40.3 Å². The van der Waals surface area contributed by atoms with Crippen LogP contribution in [-0.4, -0.2) is 89.5 Å². The molecule has 3 saturated heterocycles. The van der Waals surface area contributed by atoms with E-state index in [1.165, 1.54) is 0 Å². The van der Waals surface area contributed by atoms with Crippen LogP contribution < -0.4 is 30.3 Å². The highest BCUT2D eigenvalue weighted by Gasteiger charge is 2.18. The molecule has 3 fully saturated rings. The van der Waals surface area contributed by atoms with Crippen molar-refractivity contribution in [3.63, 3.8) is 0 Å². The van der Waals surface area contributed by atoms with Gasteiger partial charge in [-0.25, -0.2) is 9.97 Å². The Labute approximate surface area is 264 Å². The number of hydrogen-bond donors (Lipinski definition) is 2. The van der Waals surface area contributed by atoms with E-state index in [-0.39, 0.29) is 0 Å². The highest BCUT2D eigenvalue weighted by molar-refractivity contribution is 6.31. The van der Waals surface area contributed by atoms with Gasteiger partial charge in [0.2, 0.25) is 5.95 Å². The second-order valence-corrected chi connectivity index (χ2v) is 11.2. The first-order valence-corrected chi connectivity index (χ1v) is 15.6. The maximum atomic E-state index is 6.32. The molecular weight excluding hydrogens is 584 g/mol. The molecular formula is C32H43ClN6O5. The maximum absolute atomic E-state index is 6.32. The van der Waals surface area contributed by atoms with Crippen LogP contribution in [0, 0.1) is 0 Å². The predicted octanol–water partition coefficient (Wildman–Crippen LogP) is 4.94. The third kappa shape index (κ3) is 8.56. The van der Waals surface area contributed by atoms with Gasteiger partial charge in [-0.2, -0.15) is 0 Å². The van der Waals surface area contributed by atoms with E-state index in [4.69, 9.17) is 41.0 Å². The molecule has 1 aromatic heterocycles. The van der Waals surface area contributed by atoms with Crippen molar-refractivity contribution in [1.29, 1.82) is 0 Å². The first-order valence-electron chi connectivity index (χ1n) is 15.2. The van der Waals surface area contributed by atoms with Gasteiger partial charge >= 0.3 is 0 Å². The van der Waals surface area contributed by atoms with E-state index in [9.17, 15) is 0 Å². The number of morpholine rings is 2. The van der Waals surface area contributed by atoms with E-state index >= 15 is 0 Å². The SMILES string of the molecule is COc1cc(N2CCOCC2)ccc1N.COc1cc(N2CCOCC2)ccc1Nc1ncc(Cl)c(CCC2CCCO2)n1. The molecule has 6 rings (SSSR count). The Morgan fingerprint density at radius 3 is 2.16 bits per heavy atom. The predicted molar refractivity (Wildman–Crippen MR) is 174 cm³/mol. The summed E-state index contributed by atoms with van der Waals surface area (Å²) >= 11 is 6.32. The Bertz CT molecular complexity index is 1350. The number of nitrogens with one attached hydrogen (secondary N) is 1. The average Bonchev–Trinajstić information content (AvgIpc) is 3.60. The van der Waals surface area contributed by atoms with Gasteiger partial charge in [-0.1, -0.05) is 11.6 Å². The number of nitrogens with zero attached hydrogens (tertiary/aromatic N) is 4. The zero-order valence-electron chi connectivity index (χ0n) is 25.6. The fourth-order valence-corrected chi connectivity index (χ4v) is 5.63. The largest absolute Gasteiger partial charge is 0.495 e. The topological polar surface area (TPSA) is 116 Å². The molecule has 238 valence electrons. The van der Waals surface area contributed by atoms with Crippen LogP contribution in [0.25, 0.3) is 0 Å². The van der Waals surface area contributed by atoms with Gasteiger partial charge in [0.15, 0.2) is 0 Å². The van der Waals surface area contributed by atoms with Gasteiger partial charge in [0.05, 0.1) is 75.0 Å². The molecule has 0 radical (unpaired) electrons. The number of ether oxygens (including phenoxy) is 5. The number of hydrogen-bond acceptors (Lipinski definition) is 11. The molecule has 0 bridgehead atoms. The third-order valence-electron chi connectivity index (χ3n) is 7.94. The molecule has 3 aliphatic rings. The monoisotopic (exact) mass is 626 g/mol. The lowest BCUT2D eigenvalue weighted by Gasteiger charge is -2.29. The first-order chi connectivity index (χ1) is 21.5. The minimum absolute atomic E-state index is 0.310. The second kappa shape index (κ2) is 16.0. The molecule has 3 aromatic rings. The summed E-state index contributed by atoms with van der Waals surface area (Å²) in [5.41, 5.74) is 10.3. The van der Waals surface area contributed by atoms with E-state index in [0.717, 1.165) is 119 Å². The molecule has 11 nitrogen and oxygen atoms in total. The van der Waals surface area contributed by atoms with Gasteiger partial charge < -0.3 is 44.5 Å². The molecule has 3 aliphatic heterocycles. The summed E-state index contributed by atoms with van der Waals surface area (Å²) in [5.74, 6) is 1.99. The van der Waals surface area contributed by atoms with Crippen molar-refractivity contribution in [2.45, 2.75) is 31.8 Å². The quantitative estimate of drug-likeness (QED) is 0.314. The summed E-state index contributed by atoms with van der Waals surface area (Å²) in [4.78, 5) is 13.5. The smallest absolute Gasteiger partial charge is 0.227 e. The Hall–Kier alpha value is -3.51. The average molecular weight is 627 g/mol. The lowest BCUT2D eigenvalue weighted by molar-refractivity contribution is 0.104. The number of aromatic nitrogens is 2. The summed E-state index contributed by atoms with van der Waals surface area (Å²) in [6, 6.07) is 12.0. The number of nitrogen functional groups attached to an aromatic ring is 1. The van der Waals surface area contributed by atoms with E-state index in [1.54, 1.807) is 20.4 Å². The lowest BCUT2D eigenvalue weighted by atomic mass is 10.1. The molecule has 12 heteroatoms. The number of nitrogens with two attached hydrogens (primary N) is 1. The molecule has 0 saturated carbocycles. The Kier molecular flexibility index (Phi) is 11.6. The maximum Gasteiger partial charge on any atom is 0.227 e. The lowest BCUT2D eigenvalue weighted by Crippen LogP contribution is -2.36. The first kappa shape index (κ1) is 31.9. The van der Waals surface area contributed by atoms with E-state index in [2.05, 4.69) is 31.2 Å². The Morgan fingerprint density at radius 1 is 0.909 bits per heavy atom. The summed E-state index contributed by atoms with van der Waals surface area (Å²) in [6.07, 6.45) is 5.90. The van der Waals surface area contributed by atoms with E-state index in [1.807, 2.05) is 30.3 Å². The third-order valence-corrected chi connectivity index (χ3v) is 8.26. The molecule has 2 aromatic carbocycles. The van der Waals surface area contributed by atoms with Crippen molar-refractivity contribution in [2.75, 3.05) is 94.3 Å². The summed E-state index contributed by atoms with van der Waals surface area (Å²) in [6.45, 7) is 7.52. The molecule has 4 heterocycles. The van der Waals surface area contributed by atoms with Gasteiger partial charge in [-0.15, -0.1) is 0 Å². The van der Waals surface area contributed by atoms with Crippen LogP contribution in [0.1, 0.15) is 25.0 Å². The van der Waals surface area contributed by atoms with Crippen molar-refractivity contribution in [3.8, 4) is 11.5 Å². The molecule has 0 aliphatic carbocycles. The molecule has 3 N–H and O–H groups in total. The Morgan fingerprint density at radius 2 is 1.55 bits per heavy atom. The van der Waals surface area contributed by atoms with Crippen LogP contribution in [0.3, 0.4) is 0 Å². The Balaban J connectivity index is 0.000000215. The molecule has 0 amide bonds. The van der Waals surface area contributed by atoms with Crippen LogP contribution in [0.5, 0.6) is 11.5 Å². The van der Waals surface area contributed by atoms with Crippen LogP contribution in [-0.2, 0) is 20.6 Å². The van der Waals surface area contributed by atoms with Gasteiger partial charge in [-0.3, -0.25) is 0 Å². The number of aryl methyl sites for hydroxylation is 1. The van der Waals surface area contributed by atoms with Crippen LogP contribution >= 0.6 is 11.6 Å². The fraction of sp³-hybridized carbons (Fsp3) is 0.500. The number of anilines is 5. The van der Waals surface area contributed by atoms with Crippen molar-refractivity contribution in [1.82, 2.24) is 9.97 Å². The minimum Gasteiger partial charge on any atom is -0.495 e. The van der Waals surface area contributed by atoms with Crippen LogP contribution in [0.2, 0.25) is 5.02 Å². The van der Waals surface area contributed by atoms with Crippen molar-refractivity contribution in [3.05, 3.63) is 53.3 Å². The zero-order valence-corrected chi connectivity index (χ0v) is 26.4.